The second kappa shape index (κ2) is 4.54. The van der Waals surface area contributed by atoms with E-state index >= 15 is 0 Å². The van der Waals surface area contributed by atoms with Gasteiger partial charge in [0.2, 0.25) is 0 Å². The Morgan fingerprint density at radius 1 is 1.27 bits per heavy atom. The third-order valence-corrected chi connectivity index (χ3v) is 3.85. The van der Waals surface area contributed by atoms with E-state index in [1.54, 1.807) is 0 Å². The third-order valence-electron chi connectivity index (χ3n) is 3.59. The van der Waals surface area contributed by atoms with Crippen molar-refractivity contribution in [3.8, 4) is 0 Å². The van der Waals surface area contributed by atoms with E-state index in [4.69, 9.17) is 11.6 Å². The first-order valence-electron chi connectivity index (χ1n) is 5.59. The molecule has 0 aliphatic heterocycles. The summed E-state index contributed by atoms with van der Waals surface area (Å²) in [6, 6.07) is 8.04. The first-order chi connectivity index (χ1) is 7.16. The predicted octanol–water partition coefficient (Wildman–Crippen LogP) is 3.29. The minimum atomic E-state index is -0.0951. The van der Waals surface area contributed by atoms with Crippen LogP contribution in [0.4, 0.5) is 0 Å². The van der Waals surface area contributed by atoms with Gasteiger partial charge in [-0.3, -0.25) is 0 Å². The minimum absolute atomic E-state index is 0.0951. The van der Waals surface area contributed by atoms with E-state index in [1.807, 2.05) is 12.1 Å². The van der Waals surface area contributed by atoms with Crippen LogP contribution in [0, 0.1) is 11.8 Å². The van der Waals surface area contributed by atoms with Crippen LogP contribution < -0.4 is 0 Å². The van der Waals surface area contributed by atoms with Crippen LogP contribution in [0.5, 0.6) is 0 Å². The van der Waals surface area contributed by atoms with Crippen LogP contribution >= 0.6 is 11.6 Å². The number of halogens is 1. The summed E-state index contributed by atoms with van der Waals surface area (Å²) < 4.78 is 0. The molecule has 0 radical (unpaired) electrons. The second-order valence-electron chi connectivity index (χ2n) is 4.59. The van der Waals surface area contributed by atoms with E-state index in [1.165, 1.54) is 5.56 Å². The molecule has 0 heterocycles. The molecule has 1 aliphatic carbocycles. The lowest BCUT2D eigenvalue weighted by Crippen LogP contribution is -2.16. The highest BCUT2D eigenvalue weighted by atomic mass is 35.5. The smallest absolute Gasteiger partial charge is 0.0568 e. The Hall–Kier alpha value is -0.530. The molecule has 0 amide bonds. The fourth-order valence-corrected chi connectivity index (χ4v) is 2.56. The van der Waals surface area contributed by atoms with Gasteiger partial charge in [0.15, 0.2) is 0 Å². The van der Waals surface area contributed by atoms with Gasteiger partial charge in [-0.15, -0.1) is 0 Å². The monoisotopic (exact) mass is 224 g/mol. The van der Waals surface area contributed by atoms with Crippen molar-refractivity contribution in [2.45, 2.75) is 32.3 Å². The summed E-state index contributed by atoms with van der Waals surface area (Å²) in [7, 11) is 0. The molecule has 1 aromatic rings. The Morgan fingerprint density at radius 3 is 2.47 bits per heavy atom. The fourth-order valence-electron chi connectivity index (χ4n) is 2.44. The maximum absolute atomic E-state index is 9.67. The van der Waals surface area contributed by atoms with Crippen LogP contribution in [-0.4, -0.2) is 11.2 Å². The normalized spacial score (nSPS) is 30.7. The van der Waals surface area contributed by atoms with Gasteiger partial charge in [-0.05, 0) is 48.8 Å². The quantitative estimate of drug-likeness (QED) is 0.818. The van der Waals surface area contributed by atoms with E-state index < -0.39 is 0 Å². The zero-order valence-electron chi connectivity index (χ0n) is 8.99. The molecule has 1 aliphatic rings. The van der Waals surface area contributed by atoms with Gasteiger partial charge in [0, 0.05) is 5.02 Å². The van der Waals surface area contributed by atoms with Crippen molar-refractivity contribution < 1.29 is 5.11 Å². The summed E-state index contributed by atoms with van der Waals surface area (Å²) in [5.74, 6) is 1.06. The summed E-state index contributed by atoms with van der Waals surface area (Å²) >= 11 is 5.84. The summed E-state index contributed by atoms with van der Waals surface area (Å²) in [6.07, 6.45) is 3.07. The van der Waals surface area contributed by atoms with Crippen LogP contribution in [0.3, 0.4) is 0 Å². The summed E-state index contributed by atoms with van der Waals surface area (Å²) in [5, 5.41) is 10.5. The third kappa shape index (κ3) is 2.53. The van der Waals surface area contributed by atoms with Crippen molar-refractivity contribution in [1.82, 2.24) is 0 Å². The molecule has 1 saturated carbocycles. The largest absolute Gasteiger partial charge is 0.393 e. The van der Waals surface area contributed by atoms with Gasteiger partial charge < -0.3 is 5.11 Å². The van der Waals surface area contributed by atoms with E-state index in [0.717, 1.165) is 24.3 Å². The first kappa shape index (κ1) is 11.0. The first-order valence-corrected chi connectivity index (χ1v) is 5.97. The van der Waals surface area contributed by atoms with Crippen LogP contribution in [0.25, 0.3) is 0 Å². The number of benzene rings is 1. The Balaban J connectivity index is 2.00. The topological polar surface area (TPSA) is 20.2 Å². The van der Waals surface area contributed by atoms with Crippen molar-refractivity contribution >= 4 is 11.6 Å². The van der Waals surface area contributed by atoms with Gasteiger partial charge in [0.25, 0.3) is 0 Å². The number of hydrogen-bond donors (Lipinski definition) is 1. The van der Waals surface area contributed by atoms with Crippen LogP contribution in [-0.2, 0) is 6.42 Å². The summed E-state index contributed by atoms with van der Waals surface area (Å²) in [5.41, 5.74) is 1.32. The highest BCUT2D eigenvalue weighted by molar-refractivity contribution is 6.30. The van der Waals surface area contributed by atoms with Crippen molar-refractivity contribution in [2.75, 3.05) is 0 Å². The minimum Gasteiger partial charge on any atom is -0.393 e. The maximum atomic E-state index is 9.67. The van der Waals surface area contributed by atoms with Gasteiger partial charge in [0.1, 0.15) is 0 Å². The molecule has 1 nitrogen and oxygen atoms in total. The summed E-state index contributed by atoms with van der Waals surface area (Å²) in [6.45, 7) is 2.15. The molecule has 3 atom stereocenters. The zero-order valence-corrected chi connectivity index (χ0v) is 9.74. The second-order valence-corrected chi connectivity index (χ2v) is 5.03. The molecule has 1 aromatic carbocycles. The van der Waals surface area contributed by atoms with Gasteiger partial charge in [0.05, 0.1) is 6.10 Å². The number of aliphatic hydroxyl groups excluding tert-OH is 1. The highest BCUT2D eigenvalue weighted by Crippen LogP contribution is 2.34. The number of hydrogen-bond acceptors (Lipinski definition) is 1. The summed E-state index contributed by atoms with van der Waals surface area (Å²) in [4.78, 5) is 0. The average molecular weight is 225 g/mol. The van der Waals surface area contributed by atoms with Crippen LogP contribution in [0.1, 0.15) is 25.3 Å². The van der Waals surface area contributed by atoms with Gasteiger partial charge in [-0.1, -0.05) is 30.7 Å². The van der Waals surface area contributed by atoms with Crippen molar-refractivity contribution in [3.63, 3.8) is 0 Å². The number of rotatable bonds is 2. The van der Waals surface area contributed by atoms with Crippen molar-refractivity contribution in [3.05, 3.63) is 34.9 Å². The van der Waals surface area contributed by atoms with Crippen LogP contribution in [0.2, 0.25) is 5.02 Å². The van der Waals surface area contributed by atoms with E-state index in [2.05, 4.69) is 19.1 Å². The molecule has 1 fully saturated rings. The Morgan fingerprint density at radius 2 is 1.93 bits per heavy atom. The molecule has 15 heavy (non-hydrogen) atoms. The Kier molecular flexibility index (Phi) is 3.32. The molecule has 0 saturated heterocycles. The number of aliphatic hydroxyl groups is 1. The highest BCUT2D eigenvalue weighted by Gasteiger charge is 2.30. The van der Waals surface area contributed by atoms with Crippen molar-refractivity contribution in [2.24, 2.45) is 11.8 Å². The van der Waals surface area contributed by atoms with E-state index in [-0.39, 0.29) is 6.10 Å². The average Bonchev–Trinajstić information content (AvgIpc) is 2.53. The van der Waals surface area contributed by atoms with Crippen LogP contribution in [0.15, 0.2) is 24.3 Å². The van der Waals surface area contributed by atoms with E-state index in [0.29, 0.717) is 11.8 Å². The standard InChI is InChI=1S/C13H17ClO/c1-9-11(4-7-13(9)15)8-10-2-5-12(14)6-3-10/h2-3,5-6,9,11,13,15H,4,7-8H2,1H3. The predicted molar refractivity (Wildman–Crippen MR) is 63.1 cm³/mol. The lowest BCUT2D eigenvalue weighted by molar-refractivity contribution is 0.127. The fraction of sp³-hybridized carbons (Fsp3) is 0.538. The molecule has 2 rings (SSSR count). The molecule has 0 aromatic heterocycles. The lowest BCUT2D eigenvalue weighted by Gasteiger charge is -2.17. The molecule has 0 spiro atoms. The van der Waals surface area contributed by atoms with Crippen molar-refractivity contribution in [1.29, 1.82) is 0 Å². The molecule has 2 heteroatoms. The Labute approximate surface area is 96.1 Å². The zero-order chi connectivity index (χ0) is 10.8. The van der Waals surface area contributed by atoms with E-state index in [9.17, 15) is 5.11 Å². The molecule has 0 bridgehead atoms. The molecular weight excluding hydrogens is 208 g/mol. The molecule has 3 unspecified atom stereocenters. The van der Waals surface area contributed by atoms with Gasteiger partial charge >= 0.3 is 0 Å². The molecular formula is C13H17ClO. The molecule has 82 valence electrons. The van der Waals surface area contributed by atoms with Gasteiger partial charge in [-0.2, -0.15) is 0 Å². The lowest BCUT2D eigenvalue weighted by atomic mass is 9.90. The molecule has 1 N–H and O–H groups in total. The maximum Gasteiger partial charge on any atom is 0.0568 e. The SMILES string of the molecule is CC1C(O)CCC1Cc1ccc(Cl)cc1. The Bertz CT molecular complexity index is 320. The van der Waals surface area contributed by atoms with Gasteiger partial charge in [-0.25, -0.2) is 0 Å².